The molecule has 0 bridgehead atoms. The van der Waals surface area contributed by atoms with Gasteiger partial charge in [-0.25, -0.2) is 9.80 Å². The Bertz CT molecular complexity index is 1100. The van der Waals surface area contributed by atoms with E-state index in [1.807, 2.05) is 37.3 Å². The van der Waals surface area contributed by atoms with E-state index >= 15 is 0 Å². The van der Waals surface area contributed by atoms with E-state index in [2.05, 4.69) is 5.10 Å². The van der Waals surface area contributed by atoms with Crippen molar-refractivity contribution in [1.29, 1.82) is 0 Å². The zero-order valence-corrected chi connectivity index (χ0v) is 17.3. The molecule has 1 aliphatic rings. The summed E-state index contributed by atoms with van der Waals surface area (Å²) < 4.78 is 15.9. The Morgan fingerprint density at radius 3 is 2.65 bits per heavy atom. The number of aryl methyl sites for hydroxylation is 1. The van der Waals surface area contributed by atoms with E-state index in [0.717, 1.165) is 16.8 Å². The highest BCUT2D eigenvalue weighted by Crippen LogP contribution is 2.33. The molecule has 2 aromatic carbocycles. The molecule has 4 rings (SSSR count). The maximum atomic E-state index is 13.0. The number of carbonyl (C=O) groups excluding carboxylic acids is 2. The first kappa shape index (κ1) is 20.4. The van der Waals surface area contributed by atoms with Gasteiger partial charge in [0.1, 0.15) is 17.6 Å². The lowest BCUT2D eigenvalue weighted by Gasteiger charge is -2.20. The molecule has 0 spiro atoms. The average Bonchev–Trinajstić information content (AvgIpc) is 3.47. The van der Waals surface area contributed by atoms with Gasteiger partial charge in [0, 0.05) is 6.42 Å². The number of ether oxygens (including phenoxy) is 2. The maximum absolute atomic E-state index is 13.0. The highest BCUT2D eigenvalue weighted by Gasteiger charge is 2.35. The predicted octanol–water partition coefficient (Wildman–Crippen LogP) is 4.13. The van der Waals surface area contributed by atoms with Crippen LogP contribution in [0.1, 0.15) is 39.7 Å². The molecule has 2 heterocycles. The van der Waals surface area contributed by atoms with E-state index in [4.69, 9.17) is 13.9 Å². The van der Waals surface area contributed by atoms with Crippen molar-refractivity contribution in [2.45, 2.75) is 19.4 Å². The van der Waals surface area contributed by atoms with Crippen molar-refractivity contribution in [2.24, 2.45) is 5.10 Å². The lowest BCUT2D eigenvalue weighted by molar-refractivity contribution is -0.135. The van der Waals surface area contributed by atoms with Crippen molar-refractivity contribution >= 4 is 17.6 Å². The first-order valence-corrected chi connectivity index (χ1v) is 9.86. The summed E-state index contributed by atoms with van der Waals surface area (Å²) in [6.07, 6.45) is 2.12. The quantitative estimate of drug-likeness (QED) is 0.562. The number of esters is 1. The fraction of sp³-hybridized carbons (Fsp3) is 0.208. The minimum Gasteiger partial charge on any atom is -0.484 e. The van der Waals surface area contributed by atoms with E-state index in [1.165, 1.54) is 18.2 Å². The first-order valence-electron chi connectivity index (χ1n) is 9.86. The summed E-state index contributed by atoms with van der Waals surface area (Å²) in [5.74, 6) is 0.271. The Balaban J connectivity index is 1.52. The van der Waals surface area contributed by atoms with Gasteiger partial charge in [0.05, 0.1) is 24.6 Å². The summed E-state index contributed by atoms with van der Waals surface area (Å²) in [4.78, 5) is 24.7. The molecule has 7 heteroatoms. The first-order chi connectivity index (χ1) is 15.0. The molecule has 7 nitrogen and oxygen atoms in total. The lowest BCUT2D eigenvalue weighted by atomic mass is 10.0. The monoisotopic (exact) mass is 418 g/mol. The van der Waals surface area contributed by atoms with Crippen LogP contribution in [-0.2, 0) is 9.53 Å². The fourth-order valence-corrected chi connectivity index (χ4v) is 3.41. The fourth-order valence-electron chi connectivity index (χ4n) is 3.41. The molecule has 0 radical (unpaired) electrons. The van der Waals surface area contributed by atoms with Crippen LogP contribution in [0.4, 0.5) is 0 Å². The molecule has 0 N–H and O–H groups in total. The Kier molecular flexibility index (Phi) is 5.84. The number of benzene rings is 2. The Hall–Kier alpha value is -3.87. The lowest BCUT2D eigenvalue weighted by Crippen LogP contribution is -2.31. The topological polar surface area (TPSA) is 81.3 Å². The molecule has 1 aliphatic heterocycles. The summed E-state index contributed by atoms with van der Waals surface area (Å²) in [5, 5.41) is 6.00. The number of furan rings is 1. The van der Waals surface area contributed by atoms with Gasteiger partial charge in [0.15, 0.2) is 6.61 Å². The van der Waals surface area contributed by atoms with Crippen molar-refractivity contribution in [3.63, 3.8) is 0 Å². The van der Waals surface area contributed by atoms with E-state index < -0.39 is 5.97 Å². The molecule has 1 amide bonds. The van der Waals surface area contributed by atoms with Crippen molar-refractivity contribution in [3.05, 3.63) is 89.4 Å². The second-order valence-corrected chi connectivity index (χ2v) is 7.19. The van der Waals surface area contributed by atoms with Crippen molar-refractivity contribution in [3.8, 4) is 5.75 Å². The normalized spacial score (nSPS) is 15.5. The van der Waals surface area contributed by atoms with E-state index in [9.17, 15) is 9.59 Å². The predicted molar refractivity (Wildman–Crippen MR) is 114 cm³/mol. The Labute approximate surface area is 179 Å². The number of hydrogen-bond donors (Lipinski definition) is 0. The number of rotatable bonds is 6. The van der Waals surface area contributed by atoms with E-state index in [1.54, 1.807) is 30.5 Å². The zero-order chi connectivity index (χ0) is 21.8. The number of nitrogens with zero attached hydrogens (tertiary/aromatic N) is 2. The smallest absolute Gasteiger partial charge is 0.337 e. The highest BCUT2D eigenvalue weighted by molar-refractivity contribution is 6.03. The standard InChI is InChI=1S/C24H22N2O5/c1-16-8-10-17(11-9-16)20-14-21(22-7-4-12-30-22)26(25-20)23(27)15-31-19-6-3-5-18(13-19)24(28)29-2/h3-13,21H,14-15H2,1-2H3/t21-/m0/s1. The Morgan fingerprint density at radius 2 is 1.94 bits per heavy atom. The van der Waals surface area contributed by atoms with Gasteiger partial charge in [-0.3, -0.25) is 4.79 Å². The van der Waals surface area contributed by atoms with Crippen LogP contribution in [0.2, 0.25) is 0 Å². The summed E-state index contributed by atoms with van der Waals surface area (Å²) >= 11 is 0. The van der Waals surface area contributed by atoms with Gasteiger partial charge in [-0.15, -0.1) is 0 Å². The molecule has 31 heavy (non-hydrogen) atoms. The minimum atomic E-state index is -0.471. The second-order valence-electron chi connectivity index (χ2n) is 7.19. The third-order valence-electron chi connectivity index (χ3n) is 5.04. The molecule has 0 saturated carbocycles. The summed E-state index contributed by atoms with van der Waals surface area (Å²) in [5.41, 5.74) is 3.27. The summed E-state index contributed by atoms with van der Waals surface area (Å²) in [7, 11) is 1.31. The van der Waals surface area contributed by atoms with Crippen LogP contribution in [0.15, 0.2) is 76.4 Å². The van der Waals surface area contributed by atoms with E-state index in [-0.39, 0.29) is 18.6 Å². The van der Waals surface area contributed by atoms with E-state index in [0.29, 0.717) is 23.5 Å². The van der Waals surface area contributed by atoms with Gasteiger partial charge in [-0.2, -0.15) is 5.10 Å². The van der Waals surface area contributed by atoms with Gasteiger partial charge >= 0.3 is 5.97 Å². The highest BCUT2D eigenvalue weighted by atomic mass is 16.5. The van der Waals surface area contributed by atoms with Gasteiger partial charge in [-0.1, -0.05) is 35.9 Å². The van der Waals surface area contributed by atoms with Crippen LogP contribution in [0.5, 0.6) is 5.75 Å². The molecule has 158 valence electrons. The molecule has 3 aromatic rings. The molecular weight excluding hydrogens is 396 g/mol. The second kappa shape index (κ2) is 8.87. The molecule has 0 unspecified atom stereocenters. The van der Waals surface area contributed by atoms with Crippen molar-refractivity contribution < 1.29 is 23.5 Å². The molecule has 1 atom stereocenters. The van der Waals surface area contributed by atoms with Crippen molar-refractivity contribution in [1.82, 2.24) is 5.01 Å². The number of hydrazone groups is 1. The zero-order valence-electron chi connectivity index (χ0n) is 17.3. The van der Waals surface area contributed by atoms with Gasteiger partial charge in [0.2, 0.25) is 0 Å². The number of amides is 1. The maximum Gasteiger partial charge on any atom is 0.337 e. The van der Waals surface area contributed by atoms with Crippen molar-refractivity contribution in [2.75, 3.05) is 13.7 Å². The number of hydrogen-bond acceptors (Lipinski definition) is 6. The molecule has 0 fully saturated rings. The largest absolute Gasteiger partial charge is 0.484 e. The van der Waals surface area contributed by atoms with Crippen LogP contribution in [0, 0.1) is 6.92 Å². The van der Waals surface area contributed by atoms with Crippen LogP contribution in [0.3, 0.4) is 0 Å². The Morgan fingerprint density at radius 1 is 1.13 bits per heavy atom. The van der Waals surface area contributed by atoms with Gasteiger partial charge < -0.3 is 13.9 Å². The summed E-state index contributed by atoms with van der Waals surface area (Å²) in [6.45, 7) is 1.79. The average molecular weight is 418 g/mol. The SMILES string of the molecule is COC(=O)c1cccc(OCC(=O)N2N=C(c3ccc(C)cc3)C[C@H]2c2ccco2)c1. The molecule has 0 saturated heterocycles. The van der Waals surface area contributed by atoms with Crippen LogP contribution in [0.25, 0.3) is 0 Å². The van der Waals surface area contributed by atoms with Crippen LogP contribution in [-0.4, -0.2) is 36.3 Å². The minimum absolute atomic E-state index is 0.230. The third kappa shape index (κ3) is 4.50. The molecular formula is C24H22N2O5. The number of carbonyl (C=O) groups is 2. The van der Waals surface area contributed by atoms with Crippen LogP contribution < -0.4 is 4.74 Å². The summed E-state index contributed by atoms with van der Waals surface area (Å²) in [6, 6.07) is 17.8. The number of methoxy groups -OCH3 is 1. The van der Waals surface area contributed by atoms with Gasteiger partial charge in [-0.05, 0) is 42.8 Å². The van der Waals surface area contributed by atoms with Gasteiger partial charge in [0.25, 0.3) is 5.91 Å². The molecule has 1 aromatic heterocycles. The molecule has 0 aliphatic carbocycles. The third-order valence-corrected chi connectivity index (χ3v) is 5.04. The van der Waals surface area contributed by atoms with Crippen LogP contribution >= 0.6 is 0 Å².